The van der Waals surface area contributed by atoms with Crippen molar-refractivity contribution in [3.8, 4) is 0 Å². The van der Waals surface area contributed by atoms with Crippen molar-refractivity contribution in [2.75, 3.05) is 6.61 Å². The number of rotatable bonds is 12. The van der Waals surface area contributed by atoms with E-state index < -0.39 is 43.3 Å². The van der Waals surface area contributed by atoms with Gasteiger partial charge in [0, 0.05) is 6.42 Å². The van der Waals surface area contributed by atoms with Gasteiger partial charge in [-0.05, 0) is 6.42 Å². The molecular weight excluding hydrogens is 328 g/mol. The van der Waals surface area contributed by atoms with Crippen LogP contribution >= 0.6 is 0 Å². The molecule has 0 aromatic heterocycles. The Morgan fingerprint density at radius 3 is 2.00 bits per heavy atom. The minimum absolute atomic E-state index is 0.213. The minimum atomic E-state index is -1.54. The van der Waals surface area contributed by atoms with E-state index in [4.69, 9.17) is 14.6 Å². The lowest BCUT2D eigenvalue weighted by molar-refractivity contribution is -0.292. The number of unbranched alkanes of at least 4 members (excludes halogenated alkanes) is 8. The fourth-order valence-corrected chi connectivity index (χ4v) is 2.93. The van der Waals surface area contributed by atoms with Gasteiger partial charge in [0.25, 0.3) is 0 Å². The lowest BCUT2D eigenvalue weighted by Crippen LogP contribution is -2.59. The lowest BCUT2D eigenvalue weighted by atomic mass is 9.99. The third-order valence-corrected chi connectivity index (χ3v) is 4.58. The van der Waals surface area contributed by atoms with Crippen molar-refractivity contribution in [2.45, 2.75) is 102 Å². The average molecular weight is 362 g/mol. The first-order valence-corrected chi connectivity index (χ1v) is 9.51. The van der Waals surface area contributed by atoms with Crippen molar-refractivity contribution in [3.05, 3.63) is 0 Å². The summed E-state index contributed by atoms with van der Waals surface area (Å²) in [6.45, 7) is 1.65. The van der Waals surface area contributed by atoms with Gasteiger partial charge in [0.1, 0.15) is 24.4 Å². The Morgan fingerprint density at radius 2 is 1.44 bits per heavy atom. The second-order valence-electron chi connectivity index (χ2n) is 6.77. The highest BCUT2D eigenvalue weighted by Gasteiger charge is 2.45. The molecular formula is C18H34O7. The molecule has 25 heavy (non-hydrogen) atoms. The van der Waals surface area contributed by atoms with Crippen molar-refractivity contribution in [1.82, 2.24) is 0 Å². The average Bonchev–Trinajstić information content (AvgIpc) is 2.60. The maximum Gasteiger partial charge on any atom is 0.308 e. The van der Waals surface area contributed by atoms with E-state index in [0.29, 0.717) is 6.42 Å². The monoisotopic (exact) mass is 362 g/mol. The second-order valence-corrected chi connectivity index (χ2v) is 6.77. The predicted octanol–water partition coefficient (Wildman–Crippen LogP) is 1.25. The number of hydrogen-bond donors (Lipinski definition) is 4. The van der Waals surface area contributed by atoms with Crippen LogP contribution in [0.5, 0.6) is 0 Å². The SMILES string of the molecule is CCCCCCCCCCCC(=O)O[C@@H]1OC(CO)[C@H](O)[C@H](O)[C@H]1O. The van der Waals surface area contributed by atoms with Crippen LogP contribution in [0.4, 0.5) is 0 Å². The summed E-state index contributed by atoms with van der Waals surface area (Å²) in [7, 11) is 0. The Kier molecular flexibility index (Phi) is 11.2. The van der Waals surface area contributed by atoms with Crippen LogP contribution in [0.2, 0.25) is 0 Å². The molecule has 4 N–H and O–H groups in total. The van der Waals surface area contributed by atoms with Crippen LogP contribution < -0.4 is 0 Å². The zero-order valence-corrected chi connectivity index (χ0v) is 15.2. The van der Waals surface area contributed by atoms with Crippen LogP contribution in [0.1, 0.15) is 71.1 Å². The van der Waals surface area contributed by atoms with E-state index in [0.717, 1.165) is 12.8 Å². The zero-order chi connectivity index (χ0) is 18.7. The molecule has 1 aliphatic heterocycles. The van der Waals surface area contributed by atoms with Gasteiger partial charge in [0.15, 0.2) is 0 Å². The van der Waals surface area contributed by atoms with Gasteiger partial charge in [-0.25, -0.2) is 0 Å². The largest absolute Gasteiger partial charge is 0.433 e. The highest BCUT2D eigenvalue weighted by Crippen LogP contribution is 2.22. The maximum atomic E-state index is 11.8. The van der Waals surface area contributed by atoms with Crippen molar-refractivity contribution >= 4 is 5.97 Å². The van der Waals surface area contributed by atoms with E-state index in [9.17, 15) is 20.1 Å². The molecule has 7 heteroatoms. The molecule has 0 saturated carbocycles. The van der Waals surface area contributed by atoms with E-state index in [1.807, 2.05) is 0 Å². The van der Waals surface area contributed by atoms with E-state index in [2.05, 4.69) is 6.92 Å². The predicted molar refractivity (Wildman–Crippen MR) is 91.7 cm³/mol. The molecule has 1 unspecified atom stereocenters. The molecule has 0 radical (unpaired) electrons. The zero-order valence-electron chi connectivity index (χ0n) is 15.2. The maximum absolute atomic E-state index is 11.8. The van der Waals surface area contributed by atoms with Crippen LogP contribution in [0.15, 0.2) is 0 Å². The number of aliphatic hydroxyl groups excluding tert-OH is 4. The fourth-order valence-electron chi connectivity index (χ4n) is 2.93. The normalized spacial score (nSPS) is 29.6. The number of aliphatic hydroxyl groups is 4. The third kappa shape index (κ3) is 8.00. The molecule has 0 amide bonds. The summed E-state index contributed by atoms with van der Waals surface area (Å²) in [6.07, 6.45) is 3.49. The molecule has 0 aliphatic carbocycles. The molecule has 0 aromatic carbocycles. The van der Waals surface area contributed by atoms with Crippen LogP contribution in [0.25, 0.3) is 0 Å². The summed E-state index contributed by atoms with van der Waals surface area (Å²) < 4.78 is 10.2. The third-order valence-electron chi connectivity index (χ3n) is 4.58. The van der Waals surface area contributed by atoms with E-state index in [1.165, 1.54) is 38.5 Å². The molecule has 0 spiro atoms. The highest BCUT2D eigenvalue weighted by molar-refractivity contribution is 5.69. The first-order valence-electron chi connectivity index (χ1n) is 9.51. The Hall–Kier alpha value is -0.730. The summed E-state index contributed by atoms with van der Waals surface area (Å²) in [5.74, 6) is -0.521. The number of carbonyl (C=O) groups excluding carboxylic acids is 1. The van der Waals surface area contributed by atoms with Gasteiger partial charge >= 0.3 is 5.97 Å². The van der Waals surface area contributed by atoms with Crippen molar-refractivity contribution in [3.63, 3.8) is 0 Å². The molecule has 1 saturated heterocycles. The number of esters is 1. The Labute approximate surface area is 150 Å². The van der Waals surface area contributed by atoms with Gasteiger partial charge in [-0.15, -0.1) is 0 Å². The van der Waals surface area contributed by atoms with E-state index in [1.54, 1.807) is 0 Å². The Balaban J connectivity index is 2.15. The van der Waals surface area contributed by atoms with E-state index in [-0.39, 0.29) is 6.42 Å². The van der Waals surface area contributed by atoms with E-state index >= 15 is 0 Å². The summed E-state index contributed by atoms with van der Waals surface area (Å²) in [5, 5.41) is 38.2. The number of ether oxygens (including phenoxy) is 2. The summed E-state index contributed by atoms with van der Waals surface area (Å²) in [4.78, 5) is 11.8. The first-order chi connectivity index (χ1) is 12.0. The van der Waals surface area contributed by atoms with Crippen molar-refractivity contribution < 1.29 is 34.7 Å². The number of hydrogen-bond acceptors (Lipinski definition) is 7. The van der Waals surface area contributed by atoms with Crippen LogP contribution in [-0.4, -0.2) is 63.7 Å². The summed E-state index contributed by atoms with van der Waals surface area (Å²) in [6, 6.07) is 0. The topological polar surface area (TPSA) is 116 Å². The Morgan fingerprint density at radius 1 is 0.880 bits per heavy atom. The highest BCUT2D eigenvalue weighted by atomic mass is 16.7. The number of carbonyl (C=O) groups is 1. The standard InChI is InChI=1S/C18H34O7/c1-2-3-4-5-6-7-8-9-10-11-14(20)25-18-17(23)16(22)15(21)13(12-19)24-18/h13,15-19,21-23H,2-12H2,1H3/t13?,15-,16-,17+,18-/m0/s1. The molecule has 148 valence electrons. The molecule has 1 fully saturated rings. The van der Waals surface area contributed by atoms with Crippen molar-refractivity contribution in [2.24, 2.45) is 0 Å². The lowest BCUT2D eigenvalue weighted by Gasteiger charge is -2.39. The molecule has 1 heterocycles. The van der Waals surface area contributed by atoms with Crippen molar-refractivity contribution in [1.29, 1.82) is 0 Å². The quantitative estimate of drug-likeness (QED) is 0.305. The molecule has 0 bridgehead atoms. The van der Waals surface area contributed by atoms with Gasteiger partial charge < -0.3 is 29.9 Å². The summed E-state index contributed by atoms with van der Waals surface area (Å²) in [5.41, 5.74) is 0. The van der Waals surface area contributed by atoms with Crippen LogP contribution in [-0.2, 0) is 14.3 Å². The van der Waals surface area contributed by atoms with Gasteiger partial charge in [0.05, 0.1) is 6.61 Å². The Bertz CT molecular complexity index is 361. The van der Waals surface area contributed by atoms with Gasteiger partial charge in [-0.1, -0.05) is 58.3 Å². The second kappa shape index (κ2) is 12.6. The molecule has 0 aromatic rings. The van der Waals surface area contributed by atoms with Gasteiger partial charge in [0.2, 0.25) is 6.29 Å². The molecule has 5 atom stereocenters. The fraction of sp³-hybridized carbons (Fsp3) is 0.944. The first kappa shape index (κ1) is 22.3. The smallest absolute Gasteiger partial charge is 0.308 e. The minimum Gasteiger partial charge on any atom is -0.433 e. The van der Waals surface area contributed by atoms with Gasteiger partial charge in [-0.2, -0.15) is 0 Å². The molecule has 7 nitrogen and oxygen atoms in total. The van der Waals surface area contributed by atoms with Crippen LogP contribution in [0, 0.1) is 0 Å². The molecule has 1 aliphatic rings. The van der Waals surface area contributed by atoms with Crippen LogP contribution in [0.3, 0.4) is 0 Å². The molecule has 1 rings (SSSR count). The van der Waals surface area contributed by atoms with Gasteiger partial charge in [-0.3, -0.25) is 4.79 Å². The summed E-state index contributed by atoms with van der Waals surface area (Å²) >= 11 is 0.